The van der Waals surface area contributed by atoms with Gasteiger partial charge in [0.25, 0.3) is 0 Å². The van der Waals surface area contributed by atoms with E-state index in [1.807, 2.05) is 73.7 Å². The van der Waals surface area contributed by atoms with Crippen LogP contribution in [0.2, 0.25) is 0 Å². The molecule has 1 heterocycles. The van der Waals surface area contributed by atoms with Crippen LogP contribution in [0.15, 0.2) is 83.3 Å². The Hall–Kier alpha value is -4.03. The Kier molecular flexibility index (Phi) is 9.42. The number of ether oxygens (including phenoxy) is 4. The summed E-state index contributed by atoms with van der Waals surface area (Å²) in [5.74, 6) is 2.85. The van der Waals surface area contributed by atoms with Crippen molar-refractivity contribution in [2.75, 3.05) is 19.8 Å². The van der Waals surface area contributed by atoms with Crippen LogP contribution in [0.1, 0.15) is 29.2 Å². The van der Waals surface area contributed by atoms with Gasteiger partial charge in [-0.1, -0.05) is 42.5 Å². The lowest BCUT2D eigenvalue weighted by Crippen LogP contribution is -2.28. The first-order chi connectivity index (χ1) is 20.0. The number of aliphatic hydroxyl groups excluding tert-OH is 1. The Bertz CT molecular complexity index is 1550. The van der Waals surface area contributed by atoms with Crippen LogP contribution in [0.5, 0.6) is 23.0 Å². The molecule has 41 heavy (non-hydrogen) atoms. The fraction of sp³-hybridized carbons (Fsp3) is 0.242. The van der Waals surface area contributed by atoms with E-state index >= 15 is 0 Å². The first kappa shape index (κ1) is 28.5. The molecule has 0 aromatic heterocycles. The molecule has 0 bridgehead atoms. The van der Waals surface area contributed by atoms with Crippen LogP contribution < -0.4 is 24.3 Å². The number of fused-ring (bicyclic) bond motifs is 1. The first-order valence-electron chi connectivity index (χ1n) is 13.4. The minimum atomic E-state index is -0.0510. The number of nitrogens with one attached hydrogen (secondary N) is 1. The summed E-state index contributed by atoms with van der Waals surface area (Å²) in [7, 11) is 0. The third-order valence-corrected chi connectivity index (χ3v) is 7.67. The Morgan fingerprint density at radius 1 is 0.927 bits per heavy atom. The summed E-state index contributed by atoms with van der Waals surface area (Å²) < 4.78 is 24.8. The molecule has 8 heteroatoms. The Morgan fingerprint density at radius 2 is 1.76 bits per heavy atom. The fourth-order valence-electron chi connectivity index (χ4n) is 4.43. The molecule has 2 N–H and O–H groups in total. The third kappa shape index (κ3) is 7.19. The van der Waals surface area contributed by atoms with E-state index in [4.69, 9.17) is 18.9 Å². The van der Waals surface area contributed by atoms with Crippen LogP contribution >= 0.6 is 15.9 Å². The Morgan fingerprint density at radius 3 is 2.59 bits per heavy atom. The summed E-state index contributed by atoms with van der Waals surface area (Å²) in [6, 6.07) is 27.3. The molecule has 0 saturated heterocycles. The number of rotatable bonds is 11. The van der Waals surface area contributed by atoms with Crippen molar-refractivity contribution < 1.29 is 24.1 Å². The molecule has 0 amide bonds. The molecule has 5 rings (SSSR count). The number of benzene rings is 4. The van der Waals surface area contributed by atoms with E-state index in [0.29, 0.717) is 50.0 Å². The molecule has 1 unspecified atom stereocenters. The molecular formula is C33H31BrN2O5. The molecule has 4 aromatic rings. The van der Waals surface area contributed by atoms with Gasteiger partial charge in [-0.3, -0.25) is 0 Å². The topological polar surface area (TPSA) is 93.0 Å². The average molecular weight is 616 g/mol. The van der Waals surface area contributed by atoms with Crippen LogP contribution in [0, 0.1) is 11.3 Å². The van der Waals surface area contributed by atoms with Gasteiger partial charge in [0.2, 0.25) is 0 Å². The number of nitrogens with zero attached hydrogens (tertiary/aromatic N) is 1. The summed E-state index contributed by atoms with van der Waals surface area (Å²) in [5, 5.41) is 21.9. The van der Waals surface area contributed by atoms with Gasteiger partial charge >= 0.3 is 0 Å². The van der Waals surface area contributed by atoms with Crippen LogP contribution in [-0.2, 0) is 19.8 Å². The predicted octanol–water partition coefficient (Wildman–Crippen LogP) is 6.39. The van der Waals surface area contributed by atoms with Gasteiger partial charge in [0.05, 0.1) is 18.2 Å². The second-order valence-corrected chi connectivity index (χ2v) is 10.6. The molecule has 7 nitrogen and oxygen atoms in total. The van der Waals surface area contributed by atoms with E-state index < -0.39 is 0 Å². The van der Waals surface area contributed by atoms with E-state index in [1.54, 1.807) is 6.07 Å². The third-order valence-electron chi connectivity index (χ3n) is 6.73. The zero-order valence-corrected chi connectivity index (χ0v) is 24.3. The van der Waals surface area contributed by atoms with Gasteiger partial charge in [0, 0.05) is 34.3 Å². The highest BCUT2D eigenvalue weighted by Gasteiger charge is 2.15. The van der Waals surface area contributed by atoms with Crippen molar-refractivity contribution in [3.05, 3.63) is 106 Å². The van der Waals surface area contributed by atoms with Gasteiger partial charge in [-0.2, -0.15) is 5.26 Å². The smallest absolute Gasteiger partial charge is 0.161 e. The quantitative estimate of drug-likeness (QED) is 0.202. The van der Waals surface area contributed by atoms with Crippen molar-refractivity contribution in [3.63, 3.8) is 0 Å². The van der Waals surface area contributed by atoms with Gasteiger partial charge in [-0.05, 0) is 69.9 Å². The zero-order valence-electron chi connectivity index (χ0n) is 22.7. The van der Waals surface area contributed by atoms with E-state index in [1.165, 1.54) is 0 Å². The van der Waals surface area contributed by atoms with Crippen molar-refractivity contribution >= 4 is 15.9 Å². The molecule has 0 spiro atoms. The largest absolute Gasteiger partial charge is 0.489 e. The van der Waals surface area contributed by atoms with E-state index in [9.17, 15) is 10.4 Å². The predicted molar refractivity (Wildman–Crippen MR) is 160 cm³/mol. The fourth-order valence-corrected chi connectivity index (χ4v) is 5.04. The summed E-state index contributed by atoms with van der Waals surface area (Å²) in [4.78, 5) is 0. The lowest BCUT2D eigenvalue weighted by atomic mass is 10.0. The monoisotopic (exact) mass is 614 g/mol. The highest BCUT2D eigenvalue weighted by atomic mass is 79.9. The SMILES string of the molecule is CC(CO)NCc1ccc(OCc2cccc(-c3ccc4c(c3)OCCO4)c2Br)cc1OCc1cccc(C#N)c1. The molecule has 4 aromatic carbocycles. The lowest BCUT2D eigenvalue weighted by Gasteiger charge is -2.19. The molecule has 1 aliphatic rings. The number of hydrogen-bond donors (Lipinski definition) is 2. The van der Waals surface area contributed by atoms with Crippen molar-refractivity contribution in [2.24, 2.45) is 0 Å². The summed E-state index contributed by atoms with van der Waals surface area (Å²) in [5.41, 5.74) is 5.48. The minimum Gasteiger partial charge on any atom is -0.489 e. The standard InChI is InChI=1S/C33H31BrN2O5/c1-22(19-37)36-18-26-8-10-28(16-31(26)41-20-24-5-2-4-23(14-24)17-35)40-21-27-6-3-7-29(33(27)34)25-9-11-30-32(15-25)39-13-12-38-30/h2-11,14-16,22,36-37H,12-13,18-21H2,1H3. The molecule has 1 atom stereocenters. The van der Waals surface area contributed by atoms with E-state index in [0.717, 1.165) is 43.8 Å². The highest BCUT2D eigenvalue weighted by Crippen LogP contribution is 2.38. The number of halogens is 1. The van der Waals surface area contributed by atoms with Gasteiger partial charge in [-0.15, -0.1) is 0 Å². The van der Waals surface area contributed by atoms with Gasteiger partial charge in [-0.25, -0.2) is 0 Å². The van der Waals surface area contributed by atoms with Crippen molar-refractivity contribution in [2.45, 2.75) is 32.7 Å². The van der Waals surface area contributed by atoms with Crippen LogP contribution in [0.4, 0.5) is 0 Å². The highest BCUT2D eigenvalue weighted by molar-refractivity contribution is 9.10. The first-order valence-corrected chi connectivity index (χ1v) is 14.2. The normalized spacial score (nSPS) is 12.8. The molecular weight excluding hydrogens is 584 g/mol. The number of hydrogen-bond acceptors (Lipinski definition) is 7. The van der Waals surface area contributed by atoms with Crippen LogP contribution in [-0.4, -0.2) is 31.0 Å². The zero-order chi connectivity index (χ0) is 28.6. The van der Waals surface area contributed by atoms with Gasteiger partial charge in [0.15, 0.2) is 11.5 Å². The van der Waals surface area contributed by atoms with Crippen molar-refractivity contribution in [1.82, 2.24) is 5.32 Å². The molecule has 0 radical (unpaired) electrons. The second kappa shape index (κ2) is 13.6. The maximum atomic E-state index is 9.42. The van der Waals surface area contributed by atoms with Crippen LogP contribution in [0.25, 0.3) is 11.1 Å². The van der Waals surface area contributed by atoms with E-state index in [-0.39, 0.29) is 12.6 Å². The molecule has 0 saturated carbocycles. The molecule has 210 valence electrons. The summed E-state index contributed by atoms with van der Waals surface area (Å²) >= 11 is 3.79. The molecule has 0 aliphatic carbocycles. The minimum absolute atomic E-state index is 0.0402. The number of aliphatic hydroxyl groups is 1. The lowest BCUT2D eigenvalue weighted by molar-refractivity contribution is 0.171. The number of nitriles is 1. The maximum Gasteiger partial charge on any atom is 0.161 e. The maximum absolute atomic E-state index is 9.42. The summed E-state index contributed by atoms with van der Waals surface area (Å²) in [6.45, 7) is 4.24. The van der Waals surface area contributed by atoms with Gasteiger partial charge in [0.1, 0.15) is 37.9 Å². The molecule has 1 aliphatic heterocycles. The van der Waals surface area contributed by atoms with Gasteiger partial charge < -0.3 is 29.4 Å². The second-order valence-electron chi connectivity index (χ2n) is 9.76. The van der Waals surface area contributed by atoms with Crippen molar-refractivity contribution in [3.8, 4) is 40.2 Å². The molecule has 0 fully saturated rings. The van der Waals surface area contributed by atoms with E-state index in [2.05, 4.69) is 33.4 Å². The Balaban J connectivity index is 1.33. The van der Waals surface area contributed by atoms with Crippen LogP contribution in [0.3, 0.4) is 0 Å². The summed E-state index contributed by atoms with van der Waals surface area (Å²) in [6.07, 6.45) is 0. The average Bonchev–Trinajstić information content (AvgIpc) is 3.02. The van der Waals surface area contributed by atoms with Crippen molar-refractivity contribution in [1.29, 1.82) is 5.26 Å². The Labute approximate surface area is 248 Å².